The third kappa shape index (κ3) is 1.52. The topological polar surface area (TPSA) is 57.6 Å². The lowest BCUT2D eigenvalue weighted by Crippen LogP contribution is -2.31. The summed E-state index contributed by atoms with van der Waals surface area (Å²) in [7, 11) is 0. The van der Waals surface area contributed by atoms with Gasteiger partial charge in [0.25, 0.3) is 0 Å². The molecule has 1 amide bonds. The van der Waals surface area contributed by atoms with Crippen molar-refractivity contribution in [3.05, 3.63) is 29.3 Å². The second-order valence-corrected chi connectivity index (χ2v) is 4.92. The second kappa shape index (κ2) is 3.47. The maximum Gasteiger partial charge on any atom is 0.307 e. The van der Waals surface area contributed by atoms with E-state index in [2.05, 4.69) is 0 Å². The van der Waals surface area contributed by atoms with E-state index in [1.807, 2.05) is 0 Å². The lowest BCUT2D eigenvalue weighted by molar-refractivity contribution is -0.140. The molecule has 0 radical (unpaired) electrons. The molecule has 1 saturated heterocycles. The lowest BCUT2D eigenvalue weighted by atomic mass is 10.2. The van der Waals surface area contributed by atoms with Gasteiger partial charge in [0.15, 0.2) is 0 Å². The van der Waals surface area contributed by atoms with Crippen LogP contribution in [0.2, 0.25) is 5.02 Å². The minimum Gasteiger partial charge on any atom is -0.481 e. The van der Waals surface area contributed by atoms with Gasteiger partial charge in [0.05, 0.1) is 11.8 Å². The number of carbonyl (C=O) groups is 2. The van der Waals surface area contributed by atoms with Gasteiger partial charge in [-0.1, -0.05) is 11.6 Å². The minimum absolute atomic E-state index is 0.0179. The van der Waals surface area contributed by atoms with Gasteiger partial charge in [-0.25, -0.2) is 0 Å². The highest BCUT2D eigenvalue weighted by Crippen LogP contribution is 2.53. The van der Waals surface area contributed by atoms with E-state index < -0.39 is 11.9 Å². The van der Waals surface area contributed by atoms with Crippen LogP contribution in [0.4, 0.5) is 5.69 Å². The predicted molar refractivity (Wildman–Crippen MR) is 61.9 cm³/mol. The Morgan fingerprint density at radius 3 is 2.47 bits per heavy atom. The minimum atomic E-state index is -0.857. The van der Waals surface area contributed by atoms with Crippen LogP contribution >= 0.6 is 11.6 Å². The molecule has 1 aromatic rings. The Labute approximate surface area is 103 Å². The molecule has 3 rings (SSSR count). The number of carboxylic acid groups (broad SMARTS) is 1. The summed E-state index contributed by atoms with van der Waals surface area (Å²) in [5, 5.41) is 9.50. The Balaban J connectivity index is 1.80. The van der Waals surface area contributed by atoms with Crippen LogP contribution in [0.1, 0.15) is 0 Å². The van der Waals surface area contributed by atoms with E-state index in [4.69, 9.17) is 16.7 Å². The van der Waals surface area contributed by atoms with Gasteiger partial charge in [0.1, 0.15) is 0 Å². The standard InChI is InChI=1S/C12H10ClNO3/c13-6-1-3-7(4-2-6)14-5-8-9(11(14)15)10(8)12(16)17/h1-4,8-10H,5H2,(H,16,17). The molecule has 0 bridgehead atoms. The number of carboxylic acids is 1. The number of hydrogen-bond acceptors (Lipinski definition) is 2. The average Bonchev–Trinajstić information content (AvgIpc) is 2.92. The third-order valence-corrected chi connectivity index (χ3v) is 3.79. The van der Waals surface area contributed by atoms with Crippen molar-refractivity contribution in [2.75, 3.05) is 11.4 Å². The summed E-state index contributed by atoms with van der Waals surface area (Å²) in [5.74, 6) is -1.74. The molecule has 0 aromatic heterocycles. The molecule has 1 aliphatic carbocycles. The van der Waals surface area contributed by atoms with E-state index in [0.717, 1.165) is 5.69 Å². The van der Waals surface area contributed by atoms with Crippen LogP contribution in [0, 0.1) is 17.8 Å². The summed E-state index contributed by atoms with van der Waals surface area (Å²) >= 11 is 5.78. The summed E-state index contributed by atoms with van der Waals surface area (Å²) in [6.45, 7) is 0.502. The SMILES string of the molecule is O=C(O)C1C2CN(c3ccc(Cl)cc3)C(=O)C21. The molecule has 1 aromatic carbocycles. The molecule has 5 heteroatoms. The van der Waals surface area contributed by atoms with Crippen molar-refractivity contribution in [1.29, 1.82) is 0 Å². The normalized spacial score (nSPS) is 30.3. The molecule has 0 spiro atoms. The Morgan fingerprint density at radius 2 is 2.00 bits per heavy atom. The van der Waals surface area contributed by atoms with Gasteiger partial charge in [-0.15, -0.1) is 0 Å². The van der Waals surface area contributed by atoms with Gasteiger partial charge in [0, 0.05) is 23.2 Å². The van der Waals surface area contributed by atoms with Crippen LogP contribution in [-0.2, 0) is 9.59 Å². The highest BCUT2D eigenvalue weighted by molar-refractivity contribution is 6.30. The summed E-state index contributed by atoms with van der Waals surface area (Å²) in [6, 6.07) is 7.01. The number of halogens is 1. The number of aliphatic carboxylic acids is 1. The molecule has 2 aliphatic rings. The van der Waals surface area contributed by atoms with Crippen molar-refractivity contribution >= 4 is 29.2 Å². The van der Waals surface area contributed by atoms with E-state index in [1.54, 1.807) is 29.2 Å². The molecule has 3 unspecified atom stereocenters. The third-order valence-electron chi connectivity index (χ3n) is 3.54. The maximum absolute atomic E-state index is 12.0. The van der Waals surface area contributed by atoms with Gasteiger partial charge in [-0.2, -0.15) is 0 Å². The van der Waals surface area contributed by atoms with E-state index in [9.17, 15) is 9.59 Å². The molecule has 1 heterocycles. The number of fused-ring (bicyclic) bond motifs is 1. The monoisotopic (exact) mass is 251 g/mol. The van der Waals surface area contributed by atoms with Crippen LogP contribution in [0.5, 0.6) is 0 Å². The first kappa shape index (κ1) is 10.6. The number of benzene rings is 1. The molecule has 3 atom stereocenters. The van der Waals surface area contributed by atoms with E-state index >= 15 is 0 Å². The lowest BCUT2D eigenvalue weighted by Gasteiger charge is -2.19. The number of hydrogen-bond donors (Lipinski definition) is 1. The van der Waals surface area contributed by atoms with Crippen molar-refractivity contribution in [2.24, 2.45) is 17.8 Å². The summed E-state index contributed by atoms with van der Waals surface area (Å²) in [6.07, 6.45) is 0. The Kier molecular flexibility index (Phi) is 2.16. The second-order valence-electron chi connectivity index (χ2n) is 4.48. The van der Waals surface area contributed by atoms with E-state index in [1.165, 1.54) is 0 Å². The quantitative estimate of drug-likeness (QED) is 0.869. The fourth-order valence-electron chi connectivity index (χ4n) is 2.61. The number of rotatable bonds is 2. The first-order valence-electron chi connectivity index (χ1n) is 5.39. The Hall–Kier alpha value is -1.55. The summed E-state index contributed by atoms with van der Waals surface area (Å²) in [4.78, 5) is 24.4. The number of carbonyl (C=O) groups excluding carboxylic acids is 1. The van der Waals surface area contributed by atoms with Gasteiger partial charge in [-0.05, 0) is 24.3 Å². The highest BCUT2D eigenvalue weighted by Gasteiger charge is 2.65. The number of anilines is 1. The van der Waals surface area contributed by atoms with Crippen molar-refractivity contribution in [3.8, 4) is 0 Å². The molecule has 17 heavy (non-hydrogen) atoms. The molecule has 1 N–H and O–H groups in total. The fraction of sp³-hybridized carbons (Fsp3) is 0.333. The maximum atomic E-state index is 12.0. The zero-order chi connectivity index (χ0) is 12.2. The first-order chi connectivity index (χ1) is 8.09. The van der Waals surface area contributed by atoms with Crippen LogP contribution < -0.4 is 4.90 Å². The van der Waals surface area contributed by atoms with E-state index in [0.29, 0.717) is 11.6 Å². The van der Waals surface area contributed by atoms with Crippen LogP contribution in [0.3, 0.4) is 0 Å². The number of amides is 1. The molecule has 1 saturated carbocycles. The highest BCUT2D eigenvalue weighted by atomic mass is 35.5. The fourth-order valence-corrected chi connectivity index (χ4v) is 2.73. The Morgan fingerprint density at radius 1 is 1.35 bits per heavy atom. The van der Waals surface area contributed by atoms with Crippen molar-refractivity contribution in [2.45, 2.75) is 0 Å². The molecular formula is C12H10ClNO3. The van der Waals surface area contributed by atoms with Crippen LogP contribution in [-0.4, -0.2) is 23.5 Å². The average molecular weight is 252 g/mol. The molecule has 88 valence electrons. The van der Waals surface area contributed by atoms with Crippen molar-refractivity contribution < 1.29 is 14.7 Å². The van der Waals surface area contributed by atoms with Gasteiger partial charge >= 0.3 is 5.97 Å². The first-order valence-corrected chi connectivity index (χ1v) is 5.77. The molecule has 2 fully saturated rings. The zero-order valence-corrected chi connectivity index (χ0v) is 9.59. The van der Waals surface area contributed by atoms with Gasteiger partial charge in [-0.3, -0.25) is 9.59 Å². The van der Waals surface area contributed by atoms with Crippen LogP contribution in [0.15, 0.2) is 24.3 Å². The summed E-state index contributed by atoms with van der Waals surface area (Å²) in [5.41, 5.74) is 0.788. The zero-order valence-electron chi connectivity index (χ0n) is 8.84. The van der Waals surface area contributed by atoms with Gasteiger partial charge < -0.3 is 10.0 Å². The summed E-state index contributed by atoms with van der Waals surface area (Å²) < 4.78 is 0. The molecule has 1 aliphatic heterocycles. The molecule has 4 nitrogen and oxygen atoms in total. The largest absolute Gasteiger partial charge is 0.481 e. The smallest absolute Gasteiger partial charge is 0.307 e. The van der Waals surface area contributed by atoms with Crippen molar-refractivity contribution in [3.63, 3.8) is 0 Å². The number of nitrogens with zero attached hydrogens (tertiary/aromatic N) is 1. The number of piperidine rings is 1. The molecular weight excluding hydrogens is 242 g/mol. The predicted octanol–water partition coefficient (Wildman–Crippen LogP) is 1.63. The Bertz CT molecular complexity index is 499. The van der Waals surface area contributed by atoms with Gasteiger partial charge in [0.2, 0.25) is 5.91 Å². The van der Waals surface area contributed by atoms with Crippen LogP contribution in [0.25, 0.3) is 0 Å². The van der Waals surface area contributed by atoms with E-state index in [-0.39, 0.29) is 17.7 Å². The van der Waals surface area contributed by atoms with Crippen molar-refractivity contribution in [1.82, 2.24) is 0 Å².